The molecule has 0 aromatic carbocycles. The van der Waals surface area contributed by atoms with Gasteiger partial charge in [-0.2, -0.15) is 0 Å². The van der Waals surface area contributed by atoms with Crippen LogP contribution in [0.15, 0.2) is 0 Å². The maximum absolute atomic E-state index is 5.95. The Hall–Kier alpha value is -0.120. The highest BCUT2D eigenvalue weighted by Gasteiger charge is 2.48. The lowest BCUT2D eigenvalue weighted by Gasteiger charge is -2.52. The second-order valence-electron chi connectivity index (χ2n) is 6.64. The quantitative estimate of drug-likeness (QED) is 0.720. The Bertz CT molecular complexity index is 261. The Kier molecular flexibility index (Phi) is 5.67. The van der Waals surface area contributed by atoms with Crippen LogP contribution >= 0.6 is 0 Å². The zero-order chi connectivity index (χ0) is 13.7. The van der Waals surface area contributed by atoms with Crippen LogP contribution in [0.1, 0.15) is 59.3 Å². The van der Waals surface area contributed by atoms with Crippen molar-refractivity contribution in [3.63, 3.8) is 0 Å². The van der Waals surface area contributed by atoms with Gasteiger partial charge in [0.2, 0.25) is 0 Å². The topological polar surface area (TPSA) is 30.5 Å². The summed E-state index contributed by atoms with van der Waals surface area (Å²) in [7, 11) is 0. The van der Waals surface area contributed by atoms with E-state index >= 15 is 0 Å². The van der Waals surface area contributed by atoms with Crippen LogP contribution in [0.3, 0.4) is 0 Å². The highest BCUT2D eigenvalue weighted by molar-refractivity contribution is 5.02. The van der Waals surface area contributed by atoms with Gasteiger partial charge in [0.05, 0.1) is 18.8 Å². The van der Waals surface area contributed by atoms with E-state index < -0.39 is 0 Å². The molecule has 2 aliphatic rings. The van der Waals surface area contributed by atoms with Crippen LogP contribution in [0.4, 0.5) is 0 Å². The average molecular weight is 269 g/mol. The molecule has 112 valence electrons. The predicted molar refractivity (Wildman–Crippen MR) is 78.4 cm³/mol. The minimum absolute atomic E-state index is 0.265. The molecule has 2 aliphatic carbocycles. The highest BCUT2D eigenvalue weighted by atomic mass is 16.5. The zero-order valence-electron chi connectivity index (χ0n) is 12.9. The standard InChI is InChI=1S/C16H31NO2/c1-4-18-15-12-14(16(15,2)3)17-10-11-19-13-8-6-5-7-9-13/h13-15,17H,4-12H2,1-3H3. The van der Waals surface area contributed by atoms with Gasteiger partial charge in [-0.05, 0) is 26.2 Å². The molecule has 2 rings (SSSR count). The van der Waals surface area contributed by atoms with Gasteiger partial charge in [-0.1, -0.05) is 33.1 Å². The van der Waals surface area contributed by atoms with Crippen molar-refractivity contribution < 1.29 is 9.47 Å². The maximum atomic E-state index is 5.95. The molecule has 0 radical (unpaired) electrons. The summed E-state index contributed by atoms with van der Waals surface area (Å²) in [6.07, 6.45) is 8.73. The van der Waals surface area contributed by atoms with Gasteiger partial charge < -0.3 is 14.8 Å². The lowest BCUT2D eigenvalue weighted by atomic mass is 9.64. The van der Waals surface area contributed by atoms with E-state index in [1.807, 2.05) is 0 Å². The number of rotatable bonds is 7. The molecule has 0 aromatic heterocycles. The number of hydrogen-bond donors (Lipinski definition) is 1. The normalized spacial score (nSPS) is 31.1. The number of hydrogen-bond acceptors (Lipinski definition) is 3. The van der Waals surface area contributed by atoms with E-state index in [0.29, 0.717) is 18.2 Å². The molecular formula is C16H31NO2. The second-order valence-corrected chi connectivity index (χ2v) is 6.64. The molecule has 2 saturated carbocycles. The van der Waals surface area contributed by atoms with Gasteiger partial charge in [0.25, 0.3) is 0 Å². The van der Waals surface area contributed by atoms with Crippen molar-refractivity contribution in [1.82, 2.24) is 5.32 Å². The molecule has 3 heteroatoms. The van der Waals surface area contributed by atoms with Gasteiger partial charge in [-0.25, -0.2) is 0 Å². The van der Waals surface area contributed by atoms with Gasteiger partial charge in [0.1, 0.15) is 0 Å². The number of ether oxygens (including phenoxy) is 2. The first-order valence-corrected chi connectivity index (χ1v) is 8.11. The fourth-order valence-corrected chi connectivity index (χ4v) is 3.41. The predicted octanol–water partition coefficient (Wildman–Crippen LogP) is 3.13. The van der Waals surface area contributed by atoms with Crippen molar-refractivity contribution in [2.75, 3.05) is 19.8 Å². The molecule has 2 atom stereocenters. The second kappa shape index (κ2) is 7.05. The smallest absolute Gasteiger partial charge is 0.0655 e. The van der Waals surface area contributed by atoms with Crippen molar-refractivity contribution in [1.29, 1.82) is 0 Å². The van der Waals surface area contributed by atoms with E-state index in [1.165, 1.54) is 32.1 Å². The van der Waals surface area contributed by atoms with E-state index in [-0.39, 0.29) is 5.41 Å². The van der Waals surface area contributed by atoms with E-state index in [4.69, 9.17) is 9.47 Å². The number of nitrogens with one attached hydrogen (secondary N) is 1. The minimum atomic E-state index is 0.265. The molecule has 2 unspecified atom stereocenters. The van der Waals surface area contributed by atoms with Gasteiger partial charge in [-0.3, -0.25) is 0 Å². The summed E-state index contributed by atoms with van der Waals surface area (Å²) >= 11 is 0. The zero-order valence-corrected chi connectivity index (χ0v) is 12.9. The Morgan fingerprint density at radius 3 is 2.47 bits per heavy atom. The molecule has 2 fully saturated rings. The van der Waals surface area contributed by atoms with Gasteiger partial charge in [0.15, 0.2) is 0 Å². The molecule has 0 saturated heterocycles. The summed E-state index contributed by atoms with van der Waals surface area (Å²) in [5.74, 6) is 0. The lowest BCUT2D eigenvalue weighted by molar-refractivity contribution is -0.115. The monoisotopic (exact) mass is 269 g/mol. The summed E-state index contributed by atoms with van der Waals surface area (Å²) in [6.45, 7) is 9.34. The van der Waals surface area contributed by atoms with Crippen LogP contribution in [0.25, 0.3) is 0 Å². The third-order valence-electron chi connectivity index (χ3n) is 4.94. The third-order valence-corrected chi connectivity index (χ3v) is 4.94. The molecule has 0 bridgehead atoms. The minimum Gasteiger partial charge on any atom is -0.378 e. The molecule has 0 aromatic rings. The van der Waals surface area contributed by atoms with Crippen molar-refractivity contribution in [2.45, 2.75) is 77.5 Å². The Labute approximate surface area is 118 Å². The Morgan fingerprint density at radius 1 is 1.11 bits per heavy atom. The first-order chi connectivity index (χ1) is 9.14. The summed E-state index contributed by atoms with van der Waals surface area (Å²) in [6, 6.07) is 0.582. The van der Waals surface area contributed by atoms with Crippen LogP contribution in [-0.4, -0.2) is 38.0 Å². The average Bonchev–Trinajstić information content (AvgIpc) is 2.42. The summed E-state index contributed by atoms with van der Waals surface area (Å²) in [4.78, 5) is 0. The van der Waals surface area contributed by atoms with Crippen LogP contribution in [0, 0.1) is 5.41 Å². The first-order valence-electron chi connectivity index (χ1n) is 8.11. The summed E-state index contributed by atoms with van der Waals surface area (Å²) < 4.78 is 11.7. The van der Waals surface area contributed by atoms with E-state index in [2.05, 4.69) is 26.1 Å². The fourth-order valence-electron chi connectivity index (χ4n) is 3.41. The van der Waals surface area contributed by atoms with E-state index in [1.54, 1.807) is 0 Å². The maximum Gasteiger partial charge on any atom is 0.0655 e. The van der Waals surface area contributed by atoms with Gasteiger partial charge in [-0.15, -0.1) is 0 Å². The van der Waals surface area contributed by atoms with Crippen LogP contribution < -0.4 is 5.32 Å². The molecule has 0 spiro atoms. The van der Waals surface area contributed by atoms with Crippen molar-refractivity contribution in [2.24, 2.45) is 5.41 Å². The fraction of sp³-hybridized carbons (Fsp3) is 1.00. The van der Waals surface area contributed by atoms with Gasteiger partial charge in [0, 0.05) is 24.6 Å². The molecular weight excluding hydrogens is 238 g/mol. The highest BCUT2D eigenvalue weighted by Crippen LogP contribution is 2.42. The molecule has 0 aliphatic heterocycles. The van der Waals surface area contributed by atoms with Crippen LogP contribution in [0.5, 0.6) is 0 Å². The molecule has 3 nitrogen and oxygen atoms in total. The van der Waals surface area contributed by atoms with Crippen LogP contribution in [0.2, 0.25) is 0 Å². The van der Waals surface area contributed by atoms with E-state index in [9.17, 15) is 0 Å². The molecule has 19 heavy (non-hydrogen) atoms. The van der Waals surface area contributed by atoms with Crippen molar-refractivity contribution >= 4 is 0 Å². The SMILES string of the molecule is CCOC1CC(NCCOC2CCCCC2)C1(C)C. The molecule has 0 amide bonds. The summed E-state index contributed by atoms with van der Waals surface area (Å²) in [5, 5.41) is 3.63. The Morgan fingerprint density at radius 2 is 1.84 bits per heavy atom. The first kappa shape index (κ1) is 15.3. The largest absolute Gasteiger partial charge is 0.378 e. The molecule has 1 N–H and O–H groups in total. The van der Waals surface area contributed by atoms with Crippen LogP contribution in [-0.2, 0) is 9.47 Å². The lowest BCUT2D eigenvalue weighted by Crippen LogP contribution is -2.61. The molecule has 0 heterocycles. The van der Waals surface area contributed by atoms with Crippen molar-refractivity contribution in [3.8, 4) is 0 Å². The van der Waals surface area contributed by atoms with E-state index in [0.717, 1.165) is 26.2 Å². The Balaban J connectivity index is 1.56. The third kappa shape index (κ3) is 3.93. The summed E-state index contributed by atoms with van der Waals surface area (Å²) in [5.41, 5.74) is 0.265. The van der Waals surface area contributed by atoms with Crippen molar-refractivity contribution in [3.05, 3.63) is 0 Å². The van der Waals surface area contributed by atoms with Gasteiger partial charge >= 0.3 is 0 Å².